The summed E-state index contributed by atoms with van der Waals surface area (Å²) >= 11 is 0. The fourth-order valence-corrected chi connectivity index (χ4v) is 2.52. The first-order valence-electron chi connectivity index (χ1n) is 5.85. The van der Waals surface area contributed by atoms with Gasteiger partial charge in [-0.15, -0.1) is 0 Å². The highest BCUT2D eigenvalue weighted by Gasteiger charge is 2.07. The Bertz CT molecular complexity index is 726. The molecule has 84 valence electrons. The molecule has 0 bridgehead atoms. The second-order valence-corrected chi connectivity index (χ2v) is 4.62. The van der Waals surface area contributed by atoms with E-state index in [1.54, 1.807) is 0 Å². The number of hydrogen-bond donors (Lipinski definition) is 1. The molecule has 0 aliphatic rings. The SMILES string of the molecule is Cc1cc(N)c2c(ccc3ccccc32)c1C. The van der Waals surface area contributed by atoms with Gasteiger partial charge in [0, 0.05) is 11.1 Å². The van der Waals surface area contributed by atoms with Gasteiger partial charge in [-0.05, 0) is 47.2 Å². The van der Waals surface area contributed by atoms with Gasteiger partial charge in [0.2, 0.25) is 0 Å². The van der Waals surface area contributed by atoms with Crippen LogP contribution in [0.2, 0.25) is 0 Å². The molecule has 3 aromatic carbocycles. The van der Waals surface area contributed by atoms with Crippen molar-refractivity contribution in [1.29, 1.82) is 0 Å². The van der Waals surface area contributed by atoms with E-state index in [0.29, 0.717) is 0 Å². The van der Waals surface area contributed by atoms with Gasteiger partial charge in [-0.2, -0.15) is 0 Å². The molecule has 0 aromatic heterocycles. The number of aryl methyl sites for hydroxylation is 2. The van der Waals surface area contributed by atoms with Gasteiger partial charge in [-0.25, -0.2) is 0 Å². The van der Waals surface area contributed by atoms with Gasteiger partial charge in [0.25, 0.3) is 0 Å². The minimum atomic E-state index is 0.875. The maximum atomic E-state index is 6.19. The molecule has 3 rings (SSSR count). The predicted molar refractivity (Wildman–Crippen MR) is 75.3 cm³/mol. The Morgan fingerprint density at radius 2 is 1.65 bits per heavy atom. The van der Waals surface area contributed by atoms with Crippen LogP contribution in [0, 0.1) is 13.8 Å². The van der Waals surface area contributed by atoms with Crippen LogP contribution in [0.15, 0.2) is 42.5 Å². The molecule has 3 aromatic rings. The molecule has 0 aliphatic heterocycles. The molecule has 1 nitrogen and oxygen atoms in total. The first-order chi connectivity index (χ1) is 8.18. The first-order valence-corrected chi connectivity index (χ1v) is 5.85. The van der Waals surface area contributed by atoms with Crippen molar-refractivity contribution in [2.75, 3.05) is 5.73 Å². The minimum Gasteiger partial charge on any atom is -0.398 e. The summed E-state index contributed by atoms with van der Waals surface area (Å²) in [4.78, 5) is 0. The highest BCUT2D eigenvalue weighted by Crippen LogP contribution is 2.33. The quantitative estimate of drug-likeness (QED) is 0.447. The molecular weight excluding hydrogens is 206 g/mol. The zero-order chi connectivity index (χ0) is 12.0. The van der Waals surface area contributed by atoms with Crippen LogP contribution in [-0.2, 0) is 0 Å². The van der Waals surface area contributed by atoms with Crippen molar-refractivity contribution in [2.24, 2.45) is 0 Å². The Labute approximate surface area is 101 Å². The molecule has 0 amide bonds. The van der Waals surface area contributed by atoms with Gasteiger partial charge in [0.05, 0.1) is 0 Å². The number of anilines is 1. The van der Waals surface area contributed by atoms with Crippen molar-refractivity contribution in [3.8, 4) is 0 Å². The van der Waals surface area contributed by atoms with Gasteiger partial charge in [0.1, 0.15) is 0 Å². The van der Waals surface area contributed by atoms with Crippen LogP contribution in [0.25, 0.3) is 21.5 Å². The first kappa shape index (κ1) is 10.2. The Morgan fingerprint density at radius 3 is 2.47 bits per heavy atom. The summed E-state index contributed by atoms with van der Waals surface area (Å²) in [6, 6.07) is 14.8. The zero-order valence-electron chi connectivity index (χ0n) is 10.1. The molecule has 0 aliphatic carbocycles. The van der Waals surface area contributed by atoms with Crippen molar-refractivity contribution >= 4 is 27.2 Å². The summed E-state index contributed by atoms with van der Waals surface area (Å²) in [6.07, 6.45) is 0. The Hall–Kier alpha value is -2.02. The van der Waals surface area contributed by atoms with Crippen molar-refractivity contribution < 1.29 is 0 Å². The summed E-state index contributed by atoms with van der Waals surface area (Å²) in [5, 5.41) is 4.94. The largest absolute Gasteiger partial charge is 0.398 e. The standard InChI is InChI=1S/C16H15N/c1-10-9-15(17)16-13(11(10)2)8-7-12-5-3-4-6-14(12)16/h3-9H,17H2,1-2H3. The molecule has 0 spiro atoms. The van der Waals surface area contributed by atoms with Gasteiger partial charge >= 0.3 is 0 Å². The molecule has 0 fully saturated rings. The molecule has 0 unspecified atom stereocenters. The molecule has 0 saturated carbocycles. The Morgan fingerprint density at radius 1 is 0.882 bits per heavy atom. The highest BCUT2D eigenvalue weighted by atomic mass is 14.6. The van der Waals surface area contributed by atoms with Crippen LogP contribution >= 0.6 is 0 Å². The lowest BCUT2D eigenvalue weighted by Gasteiger charge is -2.11. The van der Waals surface area contributed by atoms with E-state index in [1.807, 2.05) is 0 Å². The van der Waals surface area contributed by atoms with E-state index in [4.69, 9.17) is 5.73 Å². The maximum Gasteiger partial charge on any atom is 0.0402 e. The fraction of sp³-hybridized carbons (Fsp3) is 0.125. The number of benzene rings is 3. The van der Waals surface area contributed by atoms with Crippen molar-refractivity contribution in [3.63, 3.8) is 0 Å². The predicted octanol–water partition coefficient (Wildman–Crippen LogP) is 4.19. The van der Waals surface area contributed by atoms with Gasteiger partial charge in [-0.1, -0.05) is 36.4 Å². The van der Waals surface area contributed by atoms with Crippen LogP contribution < -0.4 is 5.73 Å². The average Bonchev–Trinajstić information content (AvgIpc) is 2.35. The van der Waals surface area contributed by atoms with Crippen molar-refractivity contribution in [3.05, 3.63) is 53.6 Å². The summed E-state index contributed by atoms with van der Waals surface area (Å²) < 4.78 is 0. The fourth-order valence-electron chi connectivity index (χ4n) is 2.52. The number of rotatable bonds is 0. The lowest BCUT2D eigenvalue weighted by molar-refractivity contribution is 1.38. The Balaban J connectivity index is 2.63. The molecule has 0 radical (unpaired) electrons. The van der Waals surface area contributed by atoms with E-state index in [1.165, 1.54) is 32.7 Å². The summed E-state index contributed by atoms with van der Waals surface area (Å²) in [6.45, 7) is 4.27. The molecule has 0 saturated heterocycles. The lowest BCUT2D eigenvalue weighted by Crippen LogP contribution is -1.93. The highest BCUT2D eigenvalue weighted by molar-refractivity contribution is 6.14. The van der Waals surface area contributed by atoms with E-state index in [0.717, 1.165) is 5.69 Å². The third-order valence-electron chi connectivity index (χ3n) is 3.59. The van der Waals surface area contributed by atoms with Gasteiger partial charge < -0.3 is 5.73 Å². The average molecular weight is 221 g/mol. The van der Waals surface area contributed by atoms with Crippen molar-refractivity contribution in [1.82, 2.24) is 0 Å². The summed E-state index contributed by atoms with van der Waals surface area (Å²) in [7, 11) is 0. The normalized spacial score (nSPS) is 11.2. The third kappa shape index (κ3) is 1.39. The number of nitrogens with two attached hydrogens (primary N) is 1. The second kappa shape index (κ2) is 3.49. The zero-order valence-corrected chi connectivity index (χ0v) is 10.1. The van der Waals surface area contributed by atoms with Crippen LogP contribution in [0.4, 0.5) is 5.69 Å². The van der Waals surface area contributed by atoms with E-state index >= 15 is 0 Å². The number of nitrogen functional groups attached to an aromatic ring is 1. The molecule has 0 heterocycles. The summed E-state index contributed by atoms with van der Waals surface area (Å²) in [5.74, 6) is 0. The molecule has 17 heavy (non-hydrogen) atoms. The molecule has 0 atom stereocenters. The van der Waals surface area contributed by atoms with Crippen LogP contribution in [0.3, 0.4) is 0 Å². The second-order valence-electron chi connectivity index (χ2n) is 4.62. The van der Waals surface area contributed by atoms with E-state index in [9.17, 15) is 0 Å². The number of fused-ring (bicyclic) bond motifs is 3. The van der Waals surface area contributed by atoms with E-state index < -0.39 is 0 Å². The van der Waals surface area contributed by atoms with Crippen LogP contribution in [0.5, 0.6) is 0 Å². The lowest BCUT2D eigenvalue weighted by atomic mass is 9.95. The third-order valence-corrected chi connectivity index (χ3v) is 3.59. The smallest absolute Gasteiger partial charge is 0.0402 e. The molecular formula is C16H15N. The topological polar surface area (TPSA) is 26.0 Å². The van der Waals surface area contributed by atoms with Crippen molar-refractivity contribution in [2.45, 2.75) is 13.8 Å². The van der Waals surface area contributed by atoms with Gasteiger partial charge in [-0.3, -0.25) is 0 Å². The van der Waals surface area contributed by atoms with Crippen LogP contribution in [-0.4, -0.2) is 0 Å². The summed E-state index contributed by atoms with van der Waals surface area (Å²) in [5.41, 5.74) is 9.64. The molecule has 2 N–H and O–H groups in total. The minimum absolute atomic E-state index is 0.875. The van der Waals surface area contributed by atoms with Gasteiger partial charge in [0.15, 0.2) is 0 Å². The van der Waals surface area contributed by atoms with E-state index in [-0.39, 0.29) is 0 Å². The monoisotopic (exact) mass is 221 g/mol. The number of hydrogen-bond acceptors (Lipinski definition) is 1. The maximum absolute atomic E-state index is 6.19. The van der Waals surface area contributed by atoms with Crippen LogP contribution in [0.1, 0.15) is 11.1 Å². The van der Waals surface area contributed by atoms with E-state index in [2.05, 4.69) is 56.3 Å². The Kier molecular flexibility index (Phi) is 2.08. The molecule has 1 heteroatoms.